The van der Waals surface area contributed by atoms with Crippen LogP contribution in [0, 0.1) is 27.6 Å². The standard InChI is InChI=1S/C34H62O7S2/c1-16-33(15,31(11,12)21-25(40-24(7)35)32(13,14)43-29(42)39-20-5)26(41-28(37)30(8,9)10)22-34(17-2,18-3)23(6)27(36)38-19-4/h23,25-26H,16-22H2,1-15H3. The lowest BCUT2D eigenvalue weighted by atomic mass is 9.55. The summed E-state index contributed by atoms with van der Waals surface area (Å²) < 4.78 is 23.3. The third-order valence-corrected chi connectivity index (χ3v) is 11.2. The molecule has 4 unspecified atom stereocenters. The number of hydrogen-bond donors (Lipinski definition) is 0. The minimum atomic E-state index is -0.710. The van der Waals surface area contributed by atoms with E-state index in [4.69, 9.17) is 31.2 Å². The molecule has 0 aromatic rings. The number of esters is 3. The Morgan fingerprint density at radius 1 is 0.744 bits per heavy atom. The average Bonchev–Trinajstić information content (AvgIpc) is 2.88. The maximum atomic E-state index is 13.5. The van der Waals surface area contributed by atoms with Crippen molar-refractivity contribution in [3.05, 3.63) is 0 Å². The van der Waals surface area contributed by atoms with Crippen LogP contribution in [-0.2, 0) is 33.3 Å². The van der Waals surface area contributed by atoms with Crippen LogP contribution in [0.4, 0.5) is 0 Å². The Morgan fingerprint density at radius 2 is 1.26 bits per heavy atom. The van der Waals surface area contributed by atoms with Crippen LogP contribution in [-0.4, -0.2) is 52.5 Å². The minimum Gasteiger partial charge on any atom is -0.479 e. The number of ether oxygens (including phenoxy) is 4. The van der Waals surface area contributed by atoms with E-state index in [2.05, 4.69) is 41.5 Å². The molecule has 0 fully saturated rings. The highest BCUT2D eigenvalue weighted by molar-refractivity contribution is 8.23. The Hall–Kier alpha value is -1.35. The van der Waals surface area contributed by atoms with Gasteiger partial charge < -0.3 is 18.9 Å². The topological polar surface area (TPSA) is 88.1 Å². The summed E-state index contributed by atoms with van der Waals surface area (Å²) in [5.41, 5.74) is -2.21. The van der Waals surface area contributed by atoms with Crippen LogP contribution in [0.15, 0.2) is 0 Å². The molecule has 0 aliphatic heterocycles. The summed E-state index contributed by atoms with van der Waals surface area (Å²) in [6.45, 7) is 30.2. The molecule has 0 bridgehead atoms. The molecule has 7 nitrogen and oxygen atoms in total. The van der Waals surface area contributed by atoms with Crippen molar-refractivity contribution in [1.82, 2.24) is 0 Å². The molecule has 0 aliphatic carbocycles. The van der Waals surface area contributed by atoms with E-state index < -0.39 is 38.6 Å². The second-order valence-corrected chi connectivity index (χ2v) is 16.5. The van der Waals surface area contributed by atoms with Crippen molar-refractivity contribution in [3.8, 4) is 0 Å². The molecule has 0 aromatic heterocycles. The fourth-order valence-corrected chi connectivity index (χ4v) is 7.44. The Labute approximate surface area is 272 Å². The summed E-state index contributed by atoms with van der Waals surface area (Å²) in [4.78, 5) is 39.0. The third-order valence-electron chi connectivity index (χ3n) is 9.80. The summed E-state index contributed by atoms with van der Waals surface area (Å²) >= 11 is 6.83. The second kappa shape index (κ2) is 16.8. The maximum Gasteiger partial charge on any atom is 0.311 e. The van der Waals surface area contributed by atoms with Gasteiger partial charge >= 0.3 is 17.9 Å². The number of thiocarbonyl (C=S) groups is 1. The zero-order chi connectivity index (χ0) is 34.0. The first-order valence-electron chi connectivity index (χ1n) is 15.9. The van der Waals surface area contributed by atoms with Crippen LogP contribution in [0.3, 0.4) is 0 Å². The van der Waals surface area contributed by atoms with Gasteiger partial charge in [-0.25, -0.2) is 0 Å². The Morgan fingerprint density at radius 3 is 1.65 bits per heavy atom. The number of carbonyl (C=O) groups is 3. The molecule has 0 aromatic carbocycles. The largest absolute Gasteiger partial charge is 0.479 e. The molecular formula is C34H62O7S2. The van der Waals surface area contributed by atoms with Crippen molar-refractivity contribution in [2.24, 2.45) is 27.6 Å². The van der Waals surface area contributed by atoms with Gasteiger partial charge in [-0.3, -0.25) is 14.4 Å². The molecule has 0 saturated heterocycles. The van der Waals surface area contributed by atoms with E-state index in [1.54, 1.807) is 0 Å². The molecule has 43 heavy (non-hydrogen) atoms. The molecule has 0 rings (SSSR count). The SMILES string of the molecule is CCOC(=O)C(C)C(CC)(CC)CC(OC(=O)C(C)(C)C)C(C)(CC)C(C)(C)CC(OC(C)=O)C(C)(C)SC(=S)OCC. The van der Waals surface area contributed by atoms with E-state index in [1.807, 2.05) is 55.4 Å². The Bertz CT molecular complexity index is 934. The van der Waals surface area contributed by atoms with Crippen molar-refractivity contribution >= 4 is 46.3 Å². The van der Waals surface area contributed by atoms with Gasteiger partial charge in [-0.15, -0.1) is 0 Å². The normalized spacial score (nSPS) is 16.3. The van der Waals surface area contributed by atoms with Gasteiger partial charge in [0, 0.05) is 12.3 Å². The molecular weight excluding hydrogens is 585 g/mol. The van der Waals surface area contributed by atoms with E-state index in [9.17, 15) is 14.4 Å². The van der Waals surface area contributed by atoms with Crippen molar-refractivity contribution in [3.63, 3.8) is 0 Å². The van der Waals surface area contributed by atoms with E-state index in [1.165, 1.54) is 18.7 Å². The minimum absolute atomic E-state index is 0.233. The molecule has 0 saturated carbocycles. The van der Waals surface area contributed by atoms with Crippen LogP contribution in [0.25, 0.3) is 0 Å². The predicted octanol–water partition coefficient (Wildman–Crippen LogP) is 8.94. The zero-order valence-electron chi connectivity index (χ0n) is 29.9. The number of thioether (sulfide) groups is 1. The van der Waals surface area contributed by atoms with Crippen LogP contribution in [0.1, 0.15) is 136 Å². The number of rotatable bonds is 17. The first-order chi connectivity index (χ1) is 19.5. The zero-order valence-corrected chi connectivity index (χ0v) is 31.5. The van der Waals surface area contributed by atoms with Gasteiger partial charge in [0.1, 0.15) is 12.2 Å². The first-order valence-corrected chi connectivity index (χ1v) is 17.2. The maximum absolute atomic E-state index is 13.5. The monoisotopic (exact) mass is 646 g/mol. The fourth-order valence-electron chi connectivity index (χ4n) is 5.81. The Balaban J connectivity index is 7.02. The lowest BCUT2D eigenvalue weighted by Gasteiger charge is -2.53. The molecule has 9 heteroatoms. The lowest BCUT2D eigenvalue weighted by molar-refractivity contribution is -0.182. The fraction of sp³-hybridized carbons (Fsp3) is 0.882. The highest BCUT2D eigenvalue weighted by atomic mass is 32.2. The van der Waals surface area contributed by atoms with Gasteiger partial charge in [-0.05, 0) is 104 Å². The lowest BCUT2D eigenvalue weighted by Crippen LogP contribution is -2.53. The van der Waals surface area contributed by atoms with Crippen LogP contribution < -0.4 is 0 Å². The number of hydrogen-bond acceptors (Lipinski definition) is 9. The van der Waals surface area contributed by atoms with Crippen LogP contribution >= 0.6 is 24.0 Å². The van der Waals surface area contributed by atoms with Crippen molar-refractivity contribution in [2.75, 3.05) is 13.2 Å². The van der Waals surface area contributed by atoms with Crippen molar-refractivity contribution in [2.45, 2.75) is 153 Å². The smallest absolute Gasteiger partial charge is 0.311 e. The van der Waals surface area contributed by atoms with Gasteiger partial charge in [0.25, 0.3) is 0 Å². The van der Waals surface area contributed by atoms with E-state index >= 15 is 0 Å². The first kappa shape index (κ1) is 41.7. The van der Waals surface area contributed by atoms with Gasteiger partial charge in [0.15, 0.2) is 0 Å². The summed E-state index contributed by atoms with van der Waals surface area (Å²) in [7, 11) is 0. The van der Waals surface area contributed by atoms with Gasteiger partial charge in [0.05, 0.1) is 29.3 Å². The Kier molecular flexibility index (Phi) is 16.3. The highest BCUT2D eigenvalue weighted by Gasteiger charge is 2.54. The van der Waals surface area contributed by atoms with Gasteiger partial charge in [-0.2, -0.15) is 0 Å². The molecule has 0 aliphatic rings. The molecule has 0 radical (unpaired) electrons. The molecule has 4 atom stereocenters. The molecule has 0 spiro atoms. The molecule has 252 valence electrons. The van der Waals surface area contributed by atoms with Crippen molar-refractivity contribution in [1.29, 1.82) is 0 Å². The summed E-state index contributed by atoms with van der Waals surface area (Å²) in [6, 6.07) is 0. The summed E-state index contributed by atoms with van der Waals surface area (Å²) in [5.74, 6) is -1.27. The second-order valence-electron chi connectivity index (χ2n) is 14.2. The van der Waals surface area contributed by atoms with Crippen molar-refractivity contribution < 1.29 is 33.3 Å². The number of carbonyl (C=O) groups excluding carboxylic acids is 3. The van der Waals surface area contributed by atoms with E-state index in [0.717, 1.165) is 12.8 Å². The van der Waals surface area contributed by atoms with Crippen LogP contribution in [0.2, 0.25) is 0 Å². The molecule has 0 amide bonds. The van der Waals surface area contributed by atoms with Gasteiger partial charge in [-0.1, -0.05) is 60.2 Å². The molecule has 0 N–H and O–H groups in total. The quantitative estimate of drug-likeness (QED) is 0.0873. The third kappa shape index (κ3) is 11.2. The molecule has 0 heterocycles. The van der Waals surface area contributed by atoms with E-state index in [-0.39, 0.29) is 23.8 Å². The van der Waals surface area contributed by atoms with Gasteiger partial charge in [0.2, 0.25) is 4.38 Å². The predicted molar refractivity (Wildman–Crippen MR) is 181 cm³/mol. The van der Waals surface area contributed by atoms with Crippen LogP contribution in [0.5, 0.6) is 0 Å². The average molecular weight is 647 g/mol. The highest BCUT2D eigenvalue weighted by Crippen LogP contribution is 2.55. The summed E-state index contributed by atoms with van der Waals surface area (Å²) in [5, 5.41) is 0. The van der Waals surface area contributed by atoms with E-state index in [0.29, 0.717) is 36.9 Å². The summed E-state index contributed by atoms with van der Waals surface area (Å²) in [6.07, 6.45) is 2.11.